The number of carbonyl (C=O) groups excluding carboxylic acids is 1. The number of hydrogen-bond acceptors (Lipinski definition) is 13. The van der Waals surface area contributed by atoms with Crippen LogP contribution in [-0.2, 0) is 33.6 Å². The van der Waals surface area contributed by atoms with Gasteiger partial charge in [-0.1, -0.05) is 0 Å². The molecule has 0 aromatic carbocycles. The summed E-state index contributed by atoms with van der Waals surface area (Å²) in [5, 5.41) is 61.6. The van der Waals surface area contributed by atoms with Crippen LogP contribution in [0.4, 0.5) is 0 Å². The van der Waals surface area contributed by atoms with Gasteiger partial charge in [0.25, 0.3) is 0 Å². The van der Waals surface area contributed by atoms with E-state index in [0.29, 0.717) is 0 Å². The van der Waals surface area contributed by atoms with Gasteiger partial charge in [-0.05, 0) is 0 Å². The Morgan fingerprint density at radius 3 is 2.17 bits per heavy atom. The van der Waals surface area contributed by atoms with E-state index in [1.165, 1.54) is 0 Å². The molecule has 2 heterocycles. The van der Waals surface area contributed by atoms with Crippen molar-refractivity contribution in [2.75, 3.05) is 13.2 Å². The van der Waals surface area contributed by atoms with Gasteiger partial charge in [0.1, 0.15) is 48.8 Å². The smallest absolute Gasteiger partial charge is 0.394 e. The Labute approximate surface area is 170 Å². The molecule has 0 radical (unpaired) electrons. The van der Waals surface area contributed by atoms with Gasteiger partial charge in [0, 0.05) is 6.92 Å². The van der Waals surface area contributed by atoms with Crippen LogP contribution in [0.5, 0.6) is 0 Å². The molecule has 0 aliphatic carbocycles. The number of hydrogen-bond donors (Lipinski definition) is 8. The minimum atomic E-state index is -4.94. The van der Waals surface area contributed by atoms with E-state index in [9.17, 15) is 43.9 Å². The summed E-state index contributed by atoms with van der Waals surface area (Å²) in [5.74, 6) is -0.659. The first-order chi connectivity index (χ1) is 13.9. The molecule has 0 unspecified atom stereocenters. The summed E-state index contributed by atoms with van der Waals surface area (Å²) >= 11 is 0. The van der Waals surface area contributed by atoms with E-state index < -0.39 is 90.9 Å². The number of aliphatic hydroxyl groups excluding tert-OH is 6. The van der Waals surface area contributed by atoms with Crippen molar-refractivity contribution >= 4 is 16.3 Å². The van der Waals surface area contributed by atoms with Crippen LogP contribution in [-0.4, -0.2) is 124 Å². The van der Waals surface area contributed by atoms with Crippen LogP contribution in [0, 0.1) is 0 Å². The highest BCUT2D eigenvalue weighted by atomic mass is 32.3. The molecule has 0 saturated carbocycles. The van der Waals surface area contributed by atoms with Crippen molar-refractivity contribution in [3.8, 4) is 0 Å². The van der Waals surface area contributed by atoms with Gasteiger partial charge in [0.05, 0.1) is 13.2 Å². The van der Waals surface area contributed by atoms with E-state index in [4.69, 9.17) is 18.8 Å². The number of nitrogens with one attached hydrogen (secondary N) is 1. The second-order valence-electron chi connectivity index (χ2n) is 6.79. The second-order valence-corrected chi connectivity index (χ2v) is 7.88. The SMILES string of the molecule is CC(=O)N[C@H]1[C@H](O[C@H]2[C@H](O)[C@@H](O)[C@@H](O)O[C@@H]2COS(=O)(=O)O)O[C@H](CO)[C@@H](O)[C@@H]1O. The molecule has 176 valence electrons. The molecule has 16 heteroatoms. The molecule has 15 nitrogen and oxygen atoms in total. The van der Waals surface area contributed by atoms with Gasteiger partial charge in [-0.3, -0.25) is 9.35 Å². The molecule has 0 bridgehead atoms. The summed E-state index contributed by atoms with van der Waals surface area (Å²) in [4.78, 5) is 11.5. The van der Waals surface area contributed by atoms with Crippen LogP contribution >= 0.6 is 0 Å². The van der Waals surface area contributed by atoms with E-state index in [1.807, 2.05) is 0 Å². The maximum Gasteiger partial charge on any atom is 0.397 e. The van der Waals surface area contributed by atoms with Crippen molar-refractivity contribution in [2.24, 2.45) is 0 Å². The third-order valence-electron chi connectivity index (χ3n) is 4.58. The maximum atomic E-state index is 11.5. The van der Waals surface area contributed by atoms with Gasteiger partial charge in [0.15, 0.2) is 12.6 Å². The Morgan fingerprint density at radius 1 is 1.00 bits per heavy atom. The molecule has 0 aromatic rings. The van der Waals surface area contributed by atoms with Gasteiger partial charge in [-0.2, -0.15) is 8.42 Å². The fourth-order valence-corrected chi connectivity index (χ4v) is 3.42. The average Bonchev–Trinajstić information content (AvgIpc) is 2.65. The predicted octanol–water partition coefficient (Wildman–Crippen LogP) is -5.43. The zero-order valence-corrected chi connectivity index (χ0v) is 16.4. The first kappa shape index (κ1) is 25.2. The van der Waals surface area contributed by atoms with Crippen LogP contribution in [0.2, 0.25) is 0 Å². The topological polar surface area (TPSA) is 242 Å². The van der Waals surface area contributed by atoms with E-state index in [1.54, 1.807) is 0 Å². The van der Waals surface area contributed by atoms with Gasteiger partial charge in [0.2, 0.25) is 5.91 Å². The Hall–Kier alpha value is -1.02. The lowest BCUT2D eigenvalue weighted by Crippen LogP contribution is -2.67. The third kappa shape index (κ3) is 6.02. The van der Waals surface area contributed by atoms with E-state index in [-0.39, 0.29) is 0 Å². The number of ether oxygens (including phenoxy) is 3. The number of carbonyl (C=O) groups is 1. The summed E-state index contributed by atoms with van der Waals surface area (Å²) in [5.41, 5.74) is 0. The Morgan fingerprint density at radius 2 is 1.63 bits per heavy atom. The predicted molar refractivity (Wildman–Crippen MR) is 90.6 cm³/mol. The second kappa shape index (κ2) is 10.1. The van der Waals surface area contributed by atoms with Crippen LogP contribution in [0.15, 0.2) is 0 Å². The monoisotopic (exact) mass is 463 g/mol. The highest BCUT2D eigenvalue weighted by Gasteiger charge is 2.51. The molecule has 2 saturated heterocycles. The summed E-state index contributed by atoms with van der Waals surface area (Å²) in [6.45, 7) is -0.628. The zero-order valence-electron chi connectivity index (χ0n) is 15.6. The third-order valence-corrected chi connectivity index (χ3v) is 5.02. The van der Waals surface area contributed by atoms with Gasteiger partial charge >= 0.3 is 10.4 Å². The lowest BCUT2D eigenvalue weighted by Gasteiger charge is -2.46. The zero-order chi connectivity index (χ0) is 22.8. The maximum absolute atomic E-state index is 11.5. The summed E-state index contributed by atoms with van der Waals surface area (Å²) in [7, 11) is -4.94. The lowest BCUT2D eigenvalue weighted by molar-refractivity contribution is -0.340. The van der Waals surface area contributed by atoms with E-state index in [2.05, 4.69) is 9.50 Å². The number of amides is 1. The molecule has 0 aromatic heterocycles. The van der Waals surface area contributed by atoms with Crippen LogP contribution in [0.3, 0.4) is 0 Å². The Kier molecular flexibility index (Phi) is 8.47. The molecule has 2 fully saturated rings. The van der Waals surface area contributed by atoms with Crippen molar-refractivity contribution in [3.05, 3.63) is 0 Å². The standard InChI is InChI=1S/C14H25NO14S/c1-4(17)15-7-9(19)8(18)5(2-16)28-14(7)29-12-6(3-26-30(23,24)25)27-13(22)11(21)10(12)20/h5-14,16,18-22H,2-3H2,1H3,(H,15,17)(H,23,24,25)/t5-,6-,7-,8-,9-,10-,11-,12-,13+,14+/m1/s1. The normalized spacial score (nSPS) is 42.7. The largest absolute Gasteiger partial charge is 0.397 e. The fourth-order valence-electron chi connectivity index (χ4n) is 3.12. The van der Waals surface area contributed by atoms with Crippen LogP contribution in [0.1, 0.15) is 6.92 Å². The molecular weight excluding hydrogens is 438 g/mol. The summed E-state index contributed by atoms with van der Waals surface area (Å²) < 4.78 is 50.3. The van der Waals surface area contributed by atoms with Crippen LogP contribution in [0.25, 0.3) is 0 Å². The van der Waals surface area contributed by atoms with Crippen molar-refractivity contribution in [1.82, 2.24) is 5.32 Å². The minimum absolute atomic E-state index is 0.659. The average molecular weight is 463 g/mol. The molecular formula is C14H25NO14S. The van der Waals surface area contributed by atoms with Gasteiger partial charge < -0.3 is 50.2 Å². The first-order valence-corrected chi connectivity index (χ1v) is 10.1. The molecule has 10 atom stereocenters. The first-order valence-electron chi connectivity index (χ1n) is 8.72. The lowest BCUT2D eigenvalue weighted by atomic mass is 9.95. The number of rotatable bonds is 7. The molecule has 8 N–H and O–H groups in total. The summed E-state index contributed by atoms with van der Waals surface area (Å²) in [6.07, 6.45) is -15.3. The molecule has 0 spiro atoms. The highest BCUT2D eigenvalue weighted by Crippen LogP contribution is 2.29. The molecule has 2 rings (SSSR count). The van der Waals surface area contributed by atoms with E-state index >= 15 is 0 Å². The highest BCUT2D eigenvalue weighted by molar-refractivity contribution is 7.80. The van der Waals surface area contributed by atoms with Gasteiger partial charge in [-0.25, -0.2) is 4.18 Å². The fraction of sp³-hybridized carbons (Fsp3) is 0.929. The summed E-state index contributed by atoms with van der Waals surface area (Å²) in [6, 6.07) is -1.42. The molecule has 2 aliphatic heterocycles. The van der Waals surface area contributed by atoms with Crippen molar-refractivity contribution < 1.29 is 66.8 Å². The molecule has 30 heavy (non-hydrogen) atoms. The number of aliphatic hydroxyl groups is 6. The van der Waals surface area contributed by atoms with E-state index in [0.717, 1.165) is 6.92 Å². The Balaban J connectivity index is 2.27. The quantitative estimate of drug-likeness (QED) is 0.164. The molecule has 1 amide bonds. The van der Waals surface area contributed by atoms with Crippen LogP contribution < -0.4 is 5.32 Å². The van der Waals surface area contributed by atoms with Gasteiger partial charge in [-0.15, -0.1) is 0 Å². The van der Waals surface area contributed by atoms with Crippen molar-refractivity contribution in [1.29, 1.82) is 0 Å². The molecule has 2 aliphatic rings. The minimum Gasteiger partial charge on any atom is -0.394 e. The van der Waals surface area contributed by atoms with Crippen molar-refractivity contribution in [2.45, 2.75) is 68.3 Å². The Bertz CT molecular complexity index is 690. The van der Waals surface area contributed by atoms with Crippen molar-refractivity contribution in [3.63, 3.8) is 0 Å².